The van der Waals surface area contributed by atoms with E-state index in [1.807, 2.05) is 24.3 Å². The fraction of sp³-hybridized carbons (Fsp3) is 0.278. The highest BCUT2D eigenvalue weighted by Crippen LogP contribution is 2.38. The summed E-state index contributed by atoms with van der Waals surface area (Å²) in [6, 6.07) is 7.81. The quantitative estimate of drug-likeness (QED) is 0.576. The Morgan fingerprint density at radius 1 is 0.875 bits per heavy atom. The van der Waals surface area contributed by atoms with Crippen molar-refractivity contribution in [1.29, 1.82) is 0 Å². The molecule has 24 heavy (non-hydrogen) atoms. The summed E-state index contributed by atoms with van der Waals surface area (Å²) in [4.78, 5) is 11.5. The number of benzene rings is 2. The lowest BCUT2D eigenvalue weighted by atomic mass is 9.97. The smallest absolute Gasteiger partial charge is 0.231 e. The third-order valence-corrected chi connectivity index (χ3v) is 4.89. The summed E-state index contributed by atoms with van der Waals surface area (Å²) < 4.78 is 21.6. The molecule has 0 aromatic heterocycles. The van der Waals surface area contributed by atoms with E-state index in [0.717, 1.165) is 47.1 Å². The number of carbonyl (C=O) groups excluding carboxylic acids is 1. The number of rotatable bonds is 5. The van der Waals surface area contributed by atoms with Crippen LogP contribution in [0.15, 0.2) is 24.3 Å². The van der Waals surface area contributed by atoms with Crippen LogP contribution in [-0.2, 0) is 18.2 Å². The van der Waals surface area contributed by atoms with Crippen molar-refractivity contribution in [2.24, 2.45) is 0 Å². The number of carbonyl (C=O) groups is 1. The van der Waals surface area contributed by atoms with Crippen LogP contribution in [-0.4, -0.2) is 19.9 Å². The molecule has 2 aromatic carbocycles. The normalized spacial score (nSPS) is 14.0. The van der Waals surface area contributed by atoms with Crippen LogP contribution in [0.4, 0.5) is 0 Å². The first-order valence-electron chi connectivity index (χ1n) is 7.64. The molecule has 0 spiro atoms. The standard InChI is InChI=1S/C18H15BrO5/c19-7-13-6-17-16(22-9-23-17)5-12(13)2-1-11-3-4-15-18(14(11)8-20)24-10-21-15/h3-6,8H,1-2,7,9-10H2. The van der Waals surface area contributed by atoms with Gasteiger partial charge in [-0.25, -0.2) is 0 Å². The Bertz CT molecular complexity index is 802. The van der Waals surface area contributed by atoms with Gasteiger partial charge in [0.1, 0.15) is 0 Å². The number of alkyl halides is 1. The lowest BCUT2D eigenvalue weighted by Crippen LogP contribution is -2.00. The number of fused-ring (bicyclic) bond motifs is 2. The summed E-state index contributed by atoms with van der Waals surface area (Å²) in [6.45, 7) is 0.424. The Hall–Kier alpha value is -2.21. The molecule has 0 fully saturated rings. The molecule has 2 aromatic rings. The summed E-state index contributed by atoms with van der Waals surface area (Å²) in [5.41, 5.74) is 3.86. The van der Waals surface area contributed by atoms with Crippen molar-refractivity contribution in [2.75, 3.05) is 13.6 Å². The van der Waals surface area contributed by atoms with Crippen molar-refractivity contribution in [2.45, 2.75) is 18.2 Å². The van der Waals surface area contributed by atoms with Crippen molar-refractivity contribution < 1.29 is 23.7 Å². The monoisotopic (exact) mass is 390 g/mol. The molecule has 0 unspecified atom stereocenters. The first kappa shape index (κ1) is 15.3. The average Bonchev–Trinajstić information content (AvgIpc) is 3.26. The predicted octanol–water partition coefficient (Wildman–Crippen LogP) is 3.64. The maximum absolute atomic E-state index is 11.5. The lowest BCUT2D eigenvalue weighted by molar-refractivity contribution is 0.111. The Morgan fingerprint density at radius 3 is 2.29 bits per heavy atom. The maximum Gasteiger partial charge on any atom is 0.231 e. The molecule has 0 aliphatic carbocycles. The van der Waals surface area contributed by atoms with E-state index in [2.05, 4.69) is 15.9 Å². The largest absolute Gasteiger partial charge is 0.454 e. The zero-order chi connectivity index (χ0) is 16.5. The minimum Gasteiger partial charge on any atom is -0.454 e. The minimum absolute atomic E-state index is 0.162. The molecule has 124 valence electrons. The maximum atomic E-state index is 11.5. The van der Waals surface area contributed by atoms with Gasteiger partial charge in [0.15, 0.2) is 29.3 Å². The van der Waals surface area contributed by atoms with E-state index in [9.17, 15) is 4.79 Å². The van der Waals surface area contributed by atoms with E-state index in [1.54, 1.807) is 0 Å². The van der Waals surface area contributed by atoms with Crippen LogP contribution in [0.1, 0.15) is 27.0 Å². The van der Waals surface area contributed by atoms with Crippen molar-refractivity contribution in [3.63, 3.8) is 0 Å². The van der Waals surface area contributed by atoms with E-state index in [0.29, 0.717) is 17.1 Å². The summed E-state index contributed by atoms with van der Waals surface area (Å²) in [5, 5.41) is 0.737. The molecule has 4 rings (SSSR count). The van der Waals surface area contributed by atoms with Crippen molar-refractivity contribution in [3.05, 3.63) is 46.5 Å². The van der Waals surface area contributed by atoms with Crippen LogP contribution in [0.3, 0.4) is 0 Å². The average molecular weight is 391 g/mol. The highest BCUT2D eigenvalue weighted by atomic mass is 79.9. The summed E-state index contributed by atoms with van der Waals surface area (Å²) in [7, 11) is 0. The molecule has 0 atom stereocenters. The molecule has 0 saturated heterocycles. The Labute approximate surface area is 147 Å². The fourth-order valence-corrected chi connectivity index (χ4v) is 3.56. The van der Waals surface area contributed by atoms with Gasteiger partial charge in [-0.3, -0.25) is 4.79 Å². The number of ether oxygens (including phenoxy) is 4. The topological polar surface area (TPSA) is 54.0 Å². The molecule has 0 bridgehead atoms. The zero-order valence-electron chi connectivity index (χ0n) is 12.8. The Balaban J connectivity index is 1.61. The Kier molecular flexibility index (Phi) is 4.06. The van der Waals surface area contributed by atoms with Crippen molar-refractivity contribution >= 4 is 22.2 Å². The summed E-state index contributed by atoms with van der Waals surface area (Å²) in [5.74, 6) is 2.74. The van der Waals surface area contributed by atoms with Gasteiger partial charge in [-0.1, -0.05) is 22.0 Å². The number of aryl methyl sites for hydroxylation is 2. The van der Waals surface area contributed by atoms with Crippen LogP contribution in [0.5, 0.6) is 23.0 Å². The van der Waals surface area contributed by atoms with Gasteiger partial charge in [0, 0.05) is 5.33 Å². The van der Waals surface area contributed by atoms with Gasteiger partial charge in [0.05, 0.1) is 5.56 Å². The second-order valence-corrected chi connectivity index (χ2v) is 6.16. The third-order valence-electron chi connectivity index (χ3n) is 4.29. The molecule has 6 heteroatoms. The van der Waals surface area contributed by atoms with Crippen molar-refractivity contribution in [3.8, 4) is 23.0 Å². The number of hydrogen-bond acceptors (Lipinski definition) is 5. The summed E-state index contributed by atoms with van der Waals surface area (Å²) in [6.07, 6.45) is 2.36. The van der Waals surface area contributed by atoms with E-state index < -0.39 is 0 Å². The highest BCUT2D eigenvalue weighted by Gasteiger charge is 2.21. The molecular weight excluding hydrogens is 376 g/mol. The highest BCUT2D eigenvalue weighted by molar-refractivity contribution is 9.08. The van der Waals surface area contributed by atoms with Gasteiger partial charge in [0.25, 0.3) is 0 Å². The van der Waals surface area contributed by atoms with Gasteiger partial charge in [-0.05, 0) is 47.7 Å². The Morgan fingerprint density at radius 2 is 1.54 bits per heavy atom. The van der Waals surface area contributed by atoms with Crippen LogP contribution in [0, 0.1) is 0 Å². The second-order valence-electron chi connectivity index (χ2n) is 5.60. The molecule has 0 N–H and O–H groups in total. The van der Waals surface area contributed by atoms with Gasteiger partial charge in [0.2, 0.25) is 13.6 Å². The minimum atomic E-state index is 0.162. The van der Waals surface area contributed by atoms with Gasteiger partial charge in [-0.2, -0.15) is 0 Å². The second kappa shape index (κ2) is 6.36. The number of halogens is 1. The molecular formula is C18H15BrO5. The molecule has 0 radical (unpaired) electrons. The predicted molar refractivity (Wildman–Crippen MR) is 90.6 cm³/mol. The van der Waals surface area contributed by atoms with Crippen LogP contribution >= 0.6 is 15.9 Å². The van der Waals surface area contributed by atoms with Gasteiger partial charge < -0.3 is 18.9 Å². The van der Waals surface area contributed by atoms with E-state index in [-0.39, 0.29) is 13.6 Å². The number of aldehydes is 1. The lowest BCUT2D eigenvalue weighted by Gasteiger charge is -2.11. The van der Waals surface area contributed by atoms with Gasteiger partial charge >= 0.3 is 0 Å². The van der Waals surface area contributed by atoms with Crippen LogP contribution < -0.4 is 18.9 Å². The first-order chi connectivity index (χ1) is 11.8. The molecule has 2 aliphatic heterocycles. The van der Waals surface area contributed by atoms with Gasteiger partial charge in [-0.15, -0.1) is 0 Å². The molecule has 0 saturated carbocycles. The van der Waals surface area contributed by atoms with Crippen molar-refractivity contribution in [1.82, 2.24) is 0 Å². The van der Waals surface area contributed by atoms with Crippen LogP contribution in [0.2, 0.25) is 0 Å². The molecule has 2 aliphatic rings. The van der Waals surface area contributed by atoms with E-state index >= 15 is 0 Å². The summed E-state index contributed by atoms with van der Waals surface area (Å²) >= 11 is 3.52. The third kappa shape index (κ3) is 2.60. The fourth-order valence-electron chi connectivity index (χ4n) is 3.03. The zero-order valence-corrected chi connectivity index (χ0v) is 14.4. The van der Waals surface area contributed by atoms with E-state index in [4.69, 9.17) is 18.9 Å². The first-order valence-corrected chi connectivity index (χ1v) is 8.76. The molecule has 0 amide bonds. The number of hydrogen-bond donors (Lipinski definition) is 0. The van der Waals surface area contributed by atoms with Crippen LogP contribution in [0.25, 0.3) is 0 Å². The SMILES string of the molecule is O=Cc1c(CCc2cc3c(cc2CBr)OCO3)ccc2c1OCO2. The van der Waals surface area contributed by atoms with E-state index in [1.165, 1.54) is 5.56 Å². The molecule has 5 nitrogen and oxygen atoms in total. The molecule has 2 heterocycles.